The monoisotopic (exact) mass is 204 g/mol. The van der Waals surface area contributed by atoms with E-state index in [1.165, 1.54) is 0 Å². The van der Waals surface area contributed by atoms with Crippen molar-refractivity contribution < 1.29 is 9.53 Å². The second-order valence-electron chi connectivity index (χ2n) is 3.37. The number of hydrogen-bond donors (Lipinski definition) is 0. The van der Waals surface area contributed by atoms with Gasteiger partial charge in [-0.1, -0.05) is 20.8 Å². The highest BCUT2D eigenvalue weighted by molar-refractivity contribution is 7.99. The minimum Gasteiger partial charge on any atom is -0.466 e. The predicted molar refractivity (Wildman–Crippen MR) is 58.0 cm³/mol. The molecule has 1 atom stereocenters. The summed E-state index contributed by atoms with van der Waals surface area (Å²) in [4.78, 5) is 11.0. The third kappa shape index (κ3) is 6.94. The van der Waals surface area contributed by atoms with Gasteiger partial charge >= 0.3 is 5.97 Å². The Bertz CT molecular complexity index is 146. The molecular weight excluding hydrogens is 184 g/mol. The van der Waals surface area contributed by atoms with Gasteiger partial charge < -0.3 is 4.74 Å². The van der Waals surface area contributed by atoms with Crippen LogP contribution in [0.1, 0.15) is 34.1 Å². The molecule has 0 radical (unpaired) electrons. The van der Waals surface area contributed by atoms with Crippen LogP contribution in [0.15, 0.2) is 0 Å². The van der Waals surface area contributed by atoms with E-state index in [4.69, 9.17) is 4.74 Å². The molecule has 0 aliphatic rings. The standard InChI is InChI=1S/C10H20O2S/c1-5-12-10(11)6-7-13-9(4)8(2)3/h8-9H,5-7H2,1-4H3. The Kier molecular flexibility index (Phi) is 7.14. The molecule has 0 aromatic carbocycles. The van der Waals surface area contributed by atoms with E-state index in [1.54, 1.807) is 0 Å². The van der Waals surface area contributed by atoms with Crippen LogP contribution in [-0.4, -0.2) is 23.6 Å². The van der Waals surface area contributed by atoms with Crippen LogP contribution < -0.4 is 0 Å². The fourth-order valence-electron chi connectivity index (χ4n) is 0.754. The molecule has 0 aromatic rings. The van der Waals surface area contributed by atoms with E-state index < -0.39 is 0 Å². The van der Waals surface area contributed by atoms with Crippen molar-refractivity contribution in [1.29, 1.82) is 0 Å². The summed E-state index contributed by atoms with van der Waals surface area (Å²) in [6, 6.07) is 0. The van der Waals surface area contributed by atoms with E-state index in [1.807, 2.05) is 18.7 Å². The summed E-state index contributed by atoms with van der Waals surface area (Å²) in [5, 5.41) is 0.620. The van der Waals surface area contributed by atoms with Crippen LogP contribution in [0.3, 0.4) is 0 Å². The molecule has 0 spiro atoms. The molecular formula is C10H20O2S. The Morgan fingerprint density at radius 3 is 2.46 bits per heavy atom. The number of carbonyl (C=O) groups excluding carboxylic acids is 1. The average Bonchev–Trinajstić information content (AvgIpc) is 2.04. The predicted octanol–water partition coefficient (Wildman–Crippen LogP) is 2.72. The van der Waals surface area contributed by atoms with Crippen LogP contribution in [0.5, 0.6) is 0 Å². The van der Waals surface area contributed by atoms with Gasteiger partial charge in [-0.25, -0.2) is 0 Å². The van der Waals surface area contributed by atoms with Crippen LogP contribution >= 0.6 is 11.8 Å². The van der Waals surface area contributed by atoms with Gasteiger partial charge in [0.2, 0.25) is 0 Å². The molecule has 0 aromatic heterocycles. The first-order chi connectivity index (χ1) is 6.07. The quantitative estimate of drug-likeness (QED) is 0.622. The van der Waals surface area contributed by atoms with Crippen molar-refractivity contribution in [1.82, 2.24) is 0 Å². The minimum absolute atomic E-state index is 0.0778. The maximum atomic E-state index is 11.0. The van der Waals surface area contributed by atoms with Crippen molar-refractivity contribution in [2.24, 2.45) is 5.92 Å². The zero-order valence-electron chi connectivity index (χ0n) is 9.00. The number of carbonyl (C=O) groups is 1. The molecule has 0 amide bonds. The maximum Gasteiger partial charge on any atom is 0.306 e. The smallest absolute Gasteiger partial charge is 0.306 e. The van der Waals surface area contributed by atoms with Crippen molar-refractivity contribution in [3.63, 3.8) is 0 Å². The van der Waals surface area contributed by atoms with Gasteiger partial charge in [0.15, 0.2) is 0 Å². The molecule has 1 unspecified atom stereocenters. The Balaban J connectivity index is 3.39. The van der Waals surface area contributed by atoms with Gasteiger partial charge in [-0.15, -0.1) is 0 Å². The summed E-state index contributed by atoms with van der Waals surface area (Å²) >= 11 is 1.84. The number of hydrogen-bond acceptors (Lipinski definition) is 3. The number of rotatable bonds is 6. The minimum atomic E-state index is -0.0778. The van der Waals surface area contributed by atoms with Crippen molar-refractivity contribution in [3.05, 3.63) is 0 Å². The molecule has 0 heterocycles. The third-order valence-corrected chi connectivity index (χ3v) is 3.44. The molecule has 0 rings (SSSR count). The Morgan fingerprint density at radius 2 is 2.00 bits per heavy atom. The van der Waals surface area contributed by atoms with E-state index in [-0.39, 0.29) is 5.97 Å². The molecule has 0 saturated carbocycles. The van der Waals surface area contributed by atoms with Gasteiger partial charge in [-0.05, 0) is 12.8 Å². The van der Waals surface area contributed by atoms with Gasteiger partial charge in [0.25, 0.3) is 0 Å². The SMILES string of the molecule is CCOC(=O)CCSC(C)C(C)C. The summed E-state index contributed by atoms with van der Waals surface area (Å²) in [7, 11) is 0. The Morgan fingerprint density at radius 1 is 1.38 bits per heavy atom. The lowest BCUT2D eigenvalue weighted by molar-refractivity contribution is -0.142. The summed E-state index contributed by atoms with van der Waals surface area (Å²) in [5.74, 6) is 1.47. The summed E-state index contributed by atoms with van der Waals surface area (Å²) in [6.45, 7) is 8.91. The average molecular weight is 204 g/mol. The highest BCUT2D eigenvalue weighted by Crippen LogP contribution is 2.19. The lowest BCUT2D eigenvalue weighted by atomic mass is 10.2. The van der Waals surface area contributed by atoms with Gasteiger partial charge in [-0.3, -0.25) is 4.79 Å². The van der Waals surface area contributed by atoms with Crippen molar-refractivity contribution in [2.75, 3.05) is 12.4 Å². The zero-order chi connectivity index (χ0) is 10.3. The summed E-state index contributed by atoms with van der Waals surface area (Å²) in [5.41, 5.74) is 0. The topological polar surface area (TPSA) is 26.3 Å². The molecule has 0 N–H and O–H groups in total. The molecule has 2 nitrogen and oxygen atoms in total. The summed E-state index contributed by atoms with van der Waals surface area (Å²) < 4.78 is 4.83. The van der Waals surface area contributed by atoms with E-state index in [2.05, 4.69) is 20.8 Å². The molecule has 3 heteroatoms. The fourth-order valence-corrected chi connectivity index (χ4v) is 1.79. The van der Waals surface area contributed by atoms with Crippen molar-refractivity contribution in [3.8, 4) is 0 Å². The molecule has 0 saturated heterocycles. The van der Waals surface area contributed by atoms with Gasteiger partial charge in [0.05, 0.1) is 13.0 Å². The van der Waals surface area contributed by atoms with E-state index in [9.17, 15) is 4.79 Å². The molecule has 0 fully saturated rings. The normalized spacial score (nSPS) is 13.0. The maximum absolute atomic E-state index is 11.0. The van der Waals surface area contributed by atoms with Crippen LogP contribution in [0, 0.1) is 5.92 Å². The molecule has 0 bridgehead atoms. The van der Waals surface area contributed by atoms with E-state index >= 15 is 0 Å². The van der Waals surface area contributed by atoms with E-state index in [0.717, 1.165) is 5.75 Å². The lowest BCUT2D eigenvalue weighted by Crippen LogP contribution is -2.09. The lowest BCUT2D eigenvalue weighted by Gasteiger charge is -2.14. The molecule has 78 valence electrons. The van der Waals surface area contributed by atoms with Crippen molar-refractivity contribution in [2.45, 2.75) is 39.4 Å². The first-order valence-corrected chi connectivity index (χ1v) is 5.90. The first-order valence-electron chi connectivity index (χ1n) is 4.85. The zero-order valence-corrected chi connectivity index (χ0v) is 9.82. The van der Waals surface area contributed by atoms with Gasteiger partial charge in [0.1, 0.15) is 0 Å². The molecule has 0 aliphatic heterocycles. The third-order valence-electron chi connectivity index (χ3n) is 1.93. The number of esters is 1. The molecule has 0 aliphatic carbocycles. The molecule has 13 heavy (non-hydrogen) atoms. The second-order valence-corrected chi connectivity index (χ2v) is 4.86. The largest absolute Gasteiger partial charge is 0.466 e. The Labute approximate surface area is 85.4 Å². The Hall–Kier alpha value is -0.180. The summed E-state index contributed by atoms with van der Waals surface area (Å²) in [6.07, 6.45) is 0.537. The fraction of sp³-hybridized carbons (Fsp3) is 0.900. The number of thioether (sulfide) groups is 1. The first kappa shape index (κ1) is 12.8. The van der Waals surface area contributed by atoms with Crippen LogP contribution in [-0.2, 0) is 9.53 Å². The second kappa shape index (κ2) is 7.25. The van der Waals surface area contributed by atoms with Gasteiger partial charge in [-0.2, -0.15) is 11.8 Å². The van der Waals surface area contributed by atoms with Gasteiger partial charge in [0, 0.05) is 11.0 Å². The van der Waals surface area contributed by atoms with Crippen LogP contribution in [0.25, 0.3) is 0 Å². The van der Waals surface area contributed by atoms with Crippen LogP contribution in [0.4, 0.5) is 0 Å². The van der Waals surface area contributed by atoms with Crippen LogP contribution in [0.2, 0.25) is 0 Å². The highest BCUT2D eigenvalue weighted by atomic mass is 32.2. The van der Waals surface area contributed by atoms with E-state index in [0.29, 0.717) is 24.2 Å². The number of ether oxygens (including phenoxy) is 1. The van der Waals surface area contributed by atoms with Crippen molar-refractivity contribution >= 4 is 17.7 Å². The highest BCUT2D eigenvalue weighted by Gasteiger charge is 2.08.